The van der Waals surface area contributed by atoms with Gasteiger partial charge < -0.3 is 20.5 Å². The van der Waals surface area contributed by atoms with E-state index in [9.17, 15) is 9.90 Å². The van der Waals surface area contributed by atoms with Gasteiger partial charge in [0, 0.05) is 45.2 Å². The van der Waals surface area contributed by atoms with Gasteiger partial charge in [-0.2, -0.15) is 0 Å². The molecule has 1 aromatic heterocycles. The van der Waals surface area contributed by atoms with Crippen molar-refractivity contribution in [3.63, 3.8) is 0 Å². The second-order valence-corrected chi connectivity index (χ2v) is 5.49. The lowest BCUT2D eigenvalue weighted by Crippen LogP contribution is -2.47. The van der Waals surface area contributed by atoms with Gasteiger partial charge in [-0.05, 0) is 12.1 Å². The first-order valence-corrected chi connectivity index (χ1v) is 6.76. The molecular formula is C13H18ClN3O3. The fourth-order valence-corrected chi connectivity index (χ4v) is 2.50. The highest BCUT2D eigenvalue weighted by atomic mass is 35.5. The van der Waals surface area contributed by atoms with Crippen molar-refractivity contribution in [3.8, 4) is 0 Å². The Balaban J connectivity index is 2.08. The van der Waals surface area contributed by atoms with Crippen molar-refractivity contribution >= 4 is 23.3 Å². The van der Waals surface area contributed by atoms with Crippen LogP contribution in [0, 0.1) is 0 Å². The molecule has 0 bridgehead atoms. The number of nitrogens with zero attached hydrogens (tertiary/aromatic N) is 2. The van der Waals surface area contributed by atoms with E-state index in [-0.39, 0.29) is 23.4 Å². The predicted molar refractivity (Wildman–Crippen MR) is 75.6 cm³/mol. The molecule has 20 heavy (non-hydrogen) atoms. The molecule has 0 aliphatic carbocycles. The summed E-state index contributed by atoms with van der Waals surface area (Å²) in [5.41, 5.74) is 5.04. The summed E-state index contributed by atoms with van der Waals surface area (Å²) >= 11 is 5.79. The van der Waals surface area contributed by atoms with Gasteiger partial charge in [0.05, 0.1) is 5.60 Å². The van der Waals surface area contributed by atoms with Crippen LogP contribution < -0.4 is 5.73 Å². The van der Waals surface area contributed by atoms with E-state index >= 15 is 0 Å². The molecule has 0 radical (unpaired) electrons. The third-order valence-electron chi connectivity index (χ3n) is 3.36. The molecule has 0 aromatic carbocycles. The first-order valence-electron chi connectivity index (χ1n) is 6.38. The number of hydrogen-bond acceptors (Lipinski definition) is 5. The van der Waals surface area contributed by atoms with Crippen LogP contribution in [-0.4, -0.2) is 53.3 Å². The van der Waals surface area contributed by atoms with E-state index in [1.165, 1.54) is 17.0 Å². The Kier molecular flexibility index (Phi) is 4.47. The highest BCUT2D eigenvalue weighted by Gasteiger charge is 2.32. The van der Waals surface area contributed by atoms with Crippen LogP contribution in [0.25, 0.3) is 0 Å². The molecule has 7 heteroatoms. The summed E-state index contributed by atoms with van der Waals surface area (Å²) in [6.07, 6.45) is 1.04. The maximum absolute atomic E-state index is 12.3. The van der Waals surface area contributed by atoms with Crippen molar-refractivity contribution in [2.45, 2.75) is 18.4 Å². The van der Waals surface area contributed by atoms with Crippen LogP contribution in [0.15, 0.2) is 12.1 Å². The van der Waals surface area contributed by atoms with E-state index in [0.29, 0.717) is 31.6 Å². The third kappa shape index (κ3) is 3.59. The van der Waals surface area contributed by atoms with E-state index in [0.717, 1.165) is 0 Å². The van der Waals surface area contributed by atoms with Gasteiger partial charge in [-0.15, -0.1) is 0 Å². The fraction of sp³-hybridized carbons (Fsp3) is 0.538. The number of pyridine rings is 1. The maximum atomic E-state index is 12.3. The highest BCUT2D eigenvalue weighted by Crippen LogP contribution is 2.22. The molecule has 1 amide bonds. The summed E-state index contributed by atoms with van der Waals surface area (Å²) in [6, 6.07) is 2.93. The zero-order valence-corrected chi connectivity index (χ0v) is 12.1. The van der Waals surface area contributed by atoms with Crippen LogP contribution in [0.3, 0.4) is 0 Å². The Labute approximate surface area is 122 Å². The van der Waals surface area contributed by atoms with Crippen molar-refractivity contribution < 1.29 is 14.6 Å². The Morgan fingerprint density at radius 3 is 2.80 bits per heavy atom. The Morgan fingerprint density at radius 2 is 2.20 bits per heavy atom. The minimum atomic E-state index is -0.898. The van der Waals surface area contributed by atoms with Crippen molar-refractivity contribution in [1.29, 1.82) is 0 Å². The van der Waals surface area contributed by atoms with Crippen LogP contribution >= 0.6 is 11.6 Å². The summed E-state index contributed by atoms with van der Waals surface area (Å²) in [4.78, 5) is 17.6. The first kappa shape index (κ1) is 15.0. The Morgan fingerprint density at radius 1 is 1.55 bits per heavy atom. The number of carbonyl (C=O) groups excluding carboxylic acids is 1. The largest absolute Gasteiger partial charge is 0.388 e. The Hall–Kier alpha value is -1.37. The molecule has 3 N–H and O–H groups in total. The fourth-order valence-electron chi connectivity index (χ4n) is 2.28. The number of nitrogens with two attached hydrogens (primary N) is 1. The molecule has 1 fully saturated rings. The first-order chi connectivity index (χ1) is 9.39. The normalized spacial score (nSPS) is 17.8. The number of nitrogen functional groups attached to an aromatic ring is 1. The number of amides is 1. The maximum Gasteiger partial charge on any atom is 0.253 e. The molecule has 6 nitrogen and oxygen atoms in total. The number of anilines is 1. The summed E-state index contributed by atoms with van der Waals surface area (Å²) in [6.45, 7) is 1.26. The molecule has 110 valence electrons. The molecule has 0 unspecified atom stereocenters. The SMILES string of the molecule is CN(CC1(O)CCOCC1)C(=O)c1cc(N)nc(Cl)c1. The summed E-state index contributed by atoms with van der Waals surface area (Å²) in [5.74, 6) is -0.0556. The molecule has 2 rings (SSSR count). The lowest BCUT2D eigenvalue weighted by atomic mass is 9.94. The van der Waals surface area contributed by atoms with Crippen molar-refractivity contribution in [2.75, 3.05) is 32.5 Å². The van der Waals surface area contributed by atoms with Gasteiger partial charge in [0.25, 0.3) is 5.91 Å². The van der Waals surface area contributed by atoms with E-state index < -0.39 is 5.60 Å². The molecule has 1 aromatic rings. The molecule has 2 heterocycles. The number of carbonyl (C=O) groups is 1. The monoisotopic (exact) mass is 299 g/mol. The zero-order valence-electron chi connectivity index (χ0n) is 11.3. The van der Waals surface area contributed by atoms with Crippen LogP contribution in [0.4, 0.5) is 5.82 Å². The molecule has 1 aliphatic rings. The van der Waals surface area contributed by atoms with E-state index in [4.69, 9.17) is 22.1 Å². The minimum absolute atomic E-state index is 0.173. The van der Waals surface area contributed by atoms with Gasteiger partial charge in [-0.25, -0.2) is 4.98 Å². The lowest BCUT2D eigenvalue weighted by molar-refractivity contribution is -0.0734. The molecule has 1 aliphatic heterocycles. The van der Waals surface area contributed by atoms with Gasteiger partial charge >= 0.3 is 0 Å². The molecule has 0 spiro atoms. The Bertz CT molecular complexity index is 483. The van der Waals surface area contributed by atoms with Crippen LogP contribution in [0.1, 0.15) is 23.2 Å². The topological polar surface area (TPSA) is 88.7 Å². The molecule has 0 atom stereocenters. The van der Waals surface area contributed by atoms with E-state index in [1.54, 1.807) is 7.05 Å². The number of halogens is 1. The van der Waals surface area contributed by atoms with Crippen molar-refractivity contribution in [1.82, 2.24) is 9.88 Å². The molecule has 0 saturated carbocycles. The number of ether oxygens (including phenoxy) is 1. The van der Waals surface area contributed by atoms with Crippen LogP contribution in [0.5, 0.6) is 0 Å². The average Bonchev–Trinajstić information content (AvgIpc) is 2.37. The highest BCUT2D eigenvalue weighted by molar-refractivity contribution is 6.29. The van der Waals surface area contributed by atoms with Gasteiger partial charge in [0.15, 0.2) is 0 Å². The molecular weight excluding hydrogens is 282 g/mol. The number of hydrogen-bond donors (Lipinski definition) is 2. The number of rotatable bonds is 3. The summed E-state index contributed by atoms with van der Waals surface area (Å²) in [7, 11) is 1.64. The minimum Gasteiger partial charge on any atom is -0.388 e. The smallest absolute Gasteiger partial charge is 0.253 e. The van der Waals surface area contributed by atoms with Crippen molar-refractivity contribution in [2.24, 2.45) is 0 Å². The number of aliphatic hydroxyl groups is 1. The number of likely N-dealkylation sites (N-methyl/N-ethyl adjacent to an activating group) is 1. The van der Waals surface area contributed by atoms with E-state index in [2.05, 4.69) is 4.98 Å². The second-order valence-electron chi connectivity index (χ2n) is 5.10. The zero-order chi connectivity index (χ0) is 14.8. The molecule has 1 saturated heterocycles. The van der Waals surface area contributed by atoms with Crippen LogP contribution in [-0.2, 0) is 4.74 Å². The standard InChI is InChI=1S/C13H18ClN3O3/c1-17(8-13(19)2-4-20-5-3-13)12(18)9-6-10(14)16-11(15)7-9/h6-7,19H,2-5,8H2,1H3,(H2,15,16). The predicted octanol–water partition coefficient (Wildman–Crippen LogP) is 0.931. The summed E-state index contributed by atoms with van der Waals surface area (Å²) < 4.78 is 5.22. The second kappa shape index (κ2) is 5.95. The summed E-state index contributed by atoms with van der Waals surface area (Å²) in [5, 5.41) is 10.6. The van der Waals surface area contributed by atoms with Crippen LogP contribution in [0.2, 0.25) is 5.15 Å². The third-order valence-corrected chi connectivity index (χ3v) is 3.56. The average molecular weight is 300 g/mol. The van der Waals surface area contributed by atoms with Gasteiger partial charge in [-0.3, -0.25) is 4.79 Å². The van der Waals surface area contributed by atoms with Gasteiger partial charge in [0.1, 0.15) is 11.0 Å². The number of aromatic nitrogens is 1. The van der Waals surface area contributed by atoms with Crippen molar-refractivity contribution in [3.05, 3.63) is 22.8 Å². The van der Waals surface area contributed by atoms with Gasteiger partial charge in [0.2, 0.25) is 0 Å². The lowest BCUT2D eigenvalue weighted by Gasteiger charge is -2.35. The quantitative estimate of drug-likeness (QED) is 0.811. The van der Waals surface area contributed by atoms with Gasteiger partial charge in [-0.1, -0.05) is 11.6 Å². The van der Waals surface area contributed by atoms with E-state index in [1.807, 2.05) is 0 Å².